The van der Waals surface area contributed by atoms with E-state index in [1.54, 1.807) is 12.1 Å². The molecular weight excluding hydrogens is 378 g/mol. The molecule has 1 N–H and O–H groups in total. The zero-order chi connectivity index (χ0) is 20.3. The van der Waals surface area contributed by atoms with Gasteiger partial charge in [-0.05, 0) is 55.0 Å². The van der Waals surface area contributed by atoms with Crippen molar-refractivity contribution in [3.63, 3.8) is 0 Å². The molecule has 0 saturated carbocycles. The van der Waals surface area contributed by atoms with Crippen LogP contribution < -0.4 is 10.2 Å². The van der Waals surface area contributed by atoms with E-state index in [4.69, 9.17) is 11.6 Å². The number of rotatable bonds is 6. The molecule has 3 rings (SSSR count). The number of nitrogens with one attached hydrogen (secondary N) is 1. The Hall–Kier alpha value is -2.60. The van der Waals surface area contributed by atoms with Crippen molar-refractivity contribution in [2.45, 2.75) is 39.5 Å². The maximum absolute atomic E-state index is 12.9. The fourth-order valence-electron chi connectivity index (χ4n) is 3.69. The molecule has 2 aromatic rings. The molecule has 0 atom stereocenters. The van der Waals surface area contributed by atoms with Crippen LogP contribution in [0.25, 0.3) is 0 Å². The molecule has 148 valence electrons. The van der Waals surface area contributed by atoms with Crippen LogP contribution in [0.2, 0.25) is 5.02 Å². The average Bonchev–Trinajstić information content (AvgIpc) is 3.22. The van der Waals surface area contributed by atoms with Crippen LogP contribution in [0.5, 0.6) is 0 Å². The predicted molar refractivity (Wildman–Crippen MR) is 113 cm³/mol. The van der Waals surface area contributed by atoms with Gasteiger partial charge >= 0.3 is 0 Å². The van der Waals surface area contributed by atoms with E-state index in [1.165, 1.54) is 6.07 Å². The summed E-state index contributed by atoms with van der Waals surface area (Å²) in [6.07, 6.45) is 3.46. The number of amides is 1. The van der Waals surface area contributed by atoms with Gasteiger partial charge in [0.25, 0.3) is 11.6 Å². The van der Waals surface area contributed by atoms with E-state index in [1.807, 2.05) is 30.9 Å². The van der Waals surface area contributed by atoms with Crippen molar-refractivity contribution in [1.29, 1.82) is 0 Å². The summed E-state index contributed by atoms with van der Waals surface area (Å²) < 4.78 is 0. The molecule has 2 aromatic carbocycles. The number of carbonyl (C=O) groups excluding carboxylic acids is 1. The van der Waals surface area contributed by atoms with Gasteiger partial charge < -0.3 is 10.2 Å². The van der Waals surface area contributed by atoms with E-state index in [0.29, 0.717) is 22.8 Å². The van der Waals surface area contributed by atoms with E-state index in [0.717, 1.165) is 43.5 Å². The van der Waals surface area contributed by atoms with Crippen molar-refractivity contribution in [3.8, 4) is 0 Å². The maximum atomic E-state index is 12.9. The Morgan fingerprint density at radius 1 is 1.18 bits per heavy atom. The summed E-state index contributed by atoms with van der Waals surface area (Å²) in [5.74, 6) is -0.372. The van der Waals surface area contributed by atoms with Gasteiger partial charge in [0.05, 0.1) is 4.92 Å². The van der Waals surface area contributed by atoms with Crippen molar-refractivity contribution in [2.75, 3.05) is 23.3 Å². The molecule has 6 nitrogen and oxygen atoms in total. The predicted octanol–water partition coefficient (Wildman–Crippen LogP) is 5.23. The fraction of sp³-hybridized carbons (Fsp3) is 0.381. The molecule has 1 aliphatic heterocycles. The minimum Gasteiger partial charge on any atom is -0.366 e. The summed E-state index contributed by atoms with van der Waals surface area (Å²) >= 11 is 6.30. The number of halogens is 1. The molecule has 0 radical (unpaired) electrons. The Morgan fingerprint density at radius 3 is 2.50 bits per heavy atom. The van der Waals surface area contributed by atoms with Crippen LogP contribution >= 0.6 is 11.6 Å². The quantitative estimate of drug-likeness (QED) is 0.531. The highest BCUT2D eigenvalue weighted by atomic mass is 35.5. The largest absolute Gasteiger partial charge is 0.366 e. The van der Waals surface area contributed by atoms with E-state index in [-0.39, 0.29) is 17.2 Å². The Balaban J connectivity index is 1.94. The number of benzene rings is 2. The second kappa shape index (κ2) is 8.61. The summed E-state index contributed by atoms with van der Waals surface area (Å²) in [5.41, 5.74) is 3.36. The van der Waals surface area contributed by atoms with Crippen molar-refractivity contribution in [3.05, 3.63) is 62.2 Å². The summed E-state index contributed by atoms with van der Waals surface area (Å²) in [6, 6.07) is 8.43. The lowest BCUT2D eigenvalue weighted by molar-refractivity contribution is -0.384. The number of hydrogen-bond donors (Lipinski definition) is 1. The van der Waals surface area contributed by atoms with Gasteiger partial charge in [-0.15, -0.1) is 0 Å². The number of nitro groups is 1. The number of anilines is 2. The van der Waals surface area contributed by atoms with Gasteiger partial charge in [-0.1, -0.05) is 31.5 Å². The molecule has 1 aliphatic rings. The van der Waals surface area contributed by atoms with E-state index in [2.05, 4.69) is 5.32 Å². The van der Waals surface area contributed by atoms with Crippen molar-refractivity contribution < 1.29 is 9.72 Å². The molecule has 7 heteroatoms. The highest BCUT2D eigenvalue weighted by Crippen LogP contribution is 2.33. The van der Waals surface area contributed by atoms with Crippen molar-refractivity contribution in [1.82, 2.24) is 0 Å². The molecule has 0 aliphatic carbocycles. The van der Waals surface area contributed by atoms with Gasteiger partial charge in [0.2, 0.25) is 0 Å². The van der Waals surface area contributed by atoms with Crippen LogP contribution in [0.1, 0.15) is 48.2 Å². The van der Waals surface area contributed by atoms with Crippen LogP contribution in [0, 0.1) is 10.1 Å². The first kappa shape index (κ1) is 20.1. The molecule has 1 heterocycles. The Bertz CT molecular complexity index is 908. The highest BCUT2D eigenvalue weighted by molar-refractivity contribution is 6.32. The van der Waals surface area contributed by atoms with Crippen LogP contribution in [0.3, 0.4) is 0 Å². The molecule has 1 fully saturated rings. The van der Waals surface area contributed by atoms with Crippen molar-refractivity contribution in [2.24, 2.45) is 0 Å². The molecule has 28 heavy (non-hydrogen) atoms. The first-order chi connectivity index (χ1) is 13.5. The first-order valence-corrected chi connectivity index (χ1v) is 9.99. The van der Waals surface area contributed by atoms with E-state index < -0.39 is 4.92 Å². The second-order valence-electron chi connectivity index (χ2n) is 6.88. The zero-order valence-corrected chi connectivity index (χ0v) is 16.9. The number of aryl methyl sites for hydroxylation is 1. The Kier molecular flexibility index (Phi) is 6.19. The van der Waals surface area contributed by atoms with E-state index >= 15 is 0 Å². The lowest BCUT2D eigenvalue weighted by Gasteiger charge is -2.18. The summed E-state index contributed by atoms with van der Waals surface area (Å²) in [5, 5.41) is 15.1. The smallest absolute Gasteiger partial charge is 0.293 e. The van der Waals surface area contributed by atoms with Crippen LogP contribution in [0.15, 0.2) is 30.3 Å². The summed E-state index contributed by atoms with van der Waals surface area (Å²) in [7, 11) is 0. The maximum Gasteiger partial charge on any atom is 0.293 e. The standard InChI is InChI=1S/C21H24ClN3O3/c1-3-14-7-9-17(22)16(4-2)20(14)23-21(26)15-8-10-18(19(13-15)25(27)28)24-11-5-6-12-24/h7-10,13H,3-6,11-12H2,1-2H3,(H,23,26). The number of carbonyl (C=O) groups is 1. The molecule has 0 bridgehead atoms. The molecule has 0 spiro atoms. The third-order valence-electron chi connectivity index (χ3n) is 5.20. The zero-order valence-electron chi connectivity index (χ0n) is 16.1. The van der Waals surface area contributed by atoms with Gasteiger partial charge in [0, 0.05) is 35.4 Å². The minimum absolute atomic E-state index is 0.0351. The van der Waals surface area contributed by atoms with Crippen LogP contribution in [0.4, 0.5) is 17.1 Å². The van der Waals surface area contributed by atoms with Gasteiger partial charge in [-0.3, -0.25) is 14.9 Å². The van der Waals surface area contributed by atoms with Crippen LogP contribution in [-0.2, 0) is 12.8 Å². The summed E-state index contributed by atoms with van der Waals surface area (Å²) in [4.78, 5) is 26.0. The van der Waals surface area contributed by atoms with E-state index in [9.17, 15) is 14.9 Å². The topological polar surface area (TPSA) is 75.5 Å². The minimum atomic E-state index is -0.418. The highest BCUT2D eigenvalue weighted by Gasteiger charge is 2.24. The van der Waals surface area contributed by atoms with Gasteiger partial charge in [0.15, 0.2) is 0 Å². The van der Waals surface area contributed by atoms with Gasteiger partial charge in [-0.2, -0.15) is 0 Å². The third-order valence-corrected chi connectivity index (χ3v) is 5.55. The molecule has 1 saturated heterocycles. The number of nitrogens with zero attached hydrogens (tertiary/aromatic N) is 2. The first-order valence-electron chi connectivity index (χ1n) is 9.61. The average molecular weight is 402 g/mol. The second-order valence-corrected chi connectivity index (χ2v) is 7.28. The SMILES string of the molecule is CCc1ccc(Cl)c(CC)c1NC(=O)c1ccc(N2CCCC2)c([N+](=O)[O-])c1. The number of nitro benzene ring substituents is 1. The lowest BCUT2D eigenvalue weighted by atomic mass is 10.0. The normalized spacial score (nSPS) is 13.6. The molecule has 0 unspecified atom stereocenters. The van der Waals surface area contributed by atoms with Crippen LogP contribution in [-0.4, -0.2) is 23.9 Å². The molecular formula is C21H24ClN3O3. The van der Waals surface area contributed by atoms with Gasteiger partial charge in [0.1, 0.15) is 5.69 Å². The molecule has 1 amide bonds. The third kappa shape index (κ3) is 3.97. The molecule has 0 aromatic heterocycles. The fourth-order valence-corrected chi connectivity index (χ4v) is 3.98. The Morgan fingerprint density at radius 2 is 1.89 bits per heavy atom. The summed E-state index contributed by atoms with van der Waals surface area (Å²) in [6.45, 7) is 5.59. The monoisotopic (exact) mass is 401 g/mol. The van der Waals surface area contributed by atoms with Gasteiger partial charge in [-0.25, -0.2) is 0 Å². The number of hydrogen-bond acceptors (Lipinski definition) is 4. The lowest BCUT2D eigenvalue weighted by Crippen LogP contribution is -2.20. The Labute approximate surface area is 169 Å². The van der Waals surface area contributed by atoms with Crippen molar-refractivity contribution >= 4 is 34.6 Å².